The summed E-state index contributed by atoms with van der Waals surface area (Å²) >= 11 is 0. The molecule has 0 spiro atoms. The van der Waals surface area contributed by atoms with Crippen LogP contribution in [0.4, 0.5) is 11.4 Å². The van der Waals surface area contributed by atoms with Gasteiger partial charge in [-0.1, -0.05) is 36.4 Å². The van der Waals surface area contributed by atoms with E-state index in [-0.39, 0.29) is 11.8 Å². The van der Waals surface area contributed by atoms with Gasteiger partial charge in [0, 0.05) is 11.4 Å². The third kappa shape index (κ3) is 3.65. The lowest BCUT2D eigenvalue weighted by atomic mass is 9.90. The highest BCUT2D eigenvalue weighted by Crippen LogP contribution is 2.25. The lowest BCUT2D eigenvalue weighted by molar-refractivity contribution is -0.135. The number of amides is 2. The lowest BCUT2D eigenvalue weighted by Gasteiger charge is -2.24. The summed E-state index contributed by atoms with van der Waals surface area (Å²) in [4.78, 5) is 25.3. The Labute approximate surface area is 143 Å². The van der Waals surface area contributed by atoms with Crippen LogP contribution in [0.25, 0.3) is 0 Å². The molecule has 4 nitrogen and oxygen atoms in total. The van der Waals surface area contributed by atoms with Crippen LogP contribution in [-0.4, -0.2) is 11.8 Å². The fraction of sp³-hybridized carbons (Fsp3) is 0.300. The molecule has 0 aliphatic carbocycles. The molecule has 2 rings (SSSR count). The number of hydrogen-bond donors (Lipinski definition) is 2. The minimum absolute atomic E-state index is 0.328. The minimum Gasteiger partial charge on any atom is -0.325 e. The Kier molecular flexibility index (Phi) is 5.07. The average Bonchev–Trinajstić information content (AvgIpc) is 2.53. The van der Waals surface area contributed by atoms with E-state index in [1.165, 1.54) is 0 Å². The number of anilines is 2. The predicted molar refractivity (Wildman–Crippen MR) is 98.1 cm³/mol. The van der Waals surface area contributed by atoms with Crippen LogP contribution in [0.15, 0.2) is 42.5 Å². The van der Waals surface area contributed by atoms with Gasteiger partial charge in [-0.25, -0.2) is 0 Å². The summed E-state index contributed by atoms with van der Waals surface area (Å²) in [6.45, 7) is 9.04. The van der Waals surface area contributed by atoms with Crippen molar-refractivity contribution < 1.29 is 9.59 Å². The van der Waals surface area contributed by atoms with Gasteiger partial charge in [0.1, 0.15) is 5.41 Å². The Hall–Kier alpha value is -2.62. The van der Waals surface area contributed by atoms with Gasteiger partial charge in [-0.3, -0.25) is 9.59 Å². The van der Waals surface area contributed by atoms with E-state index in [0.717, 1.165) is 28.1 Å². The molecule has 0 aromatic heterocycles. The normalized spacial score (nSPS) is 11.0. The molecule has 0 unspecified atom stereocenters. The molecule has 2 aromatic rings. The second-order valence-corrected chi connectivity index (χ2v) is 6.61. The molecule has 0 atom stereocenters. The van der Waals surface area contributed by atoms with Crippen LogP contribution in [-0.2, 0) is 9.59 Å². The van der Waals surface area contributed by atoms with Crippen LogP contribution in [0.3, 0.4) is 0 Å². The largest absolute Gasteiger partial charge is 0.325 e. The molecule has 2 N–H and O–H groups in total. The average molecular weight is 324 g/mol. The second-order valence-electron chi connectivity index (χ2n) is 6.61. The van der Waals surface area contributed by atoms with Gasteiger partial charge in [-0.05, 0) is 57.4 Å². The summed E-state index contributed by atoms with van der Waals surface area (Å²) < 4.78 is 0. The Morgan fingerprint density at radius 3 is 1.83 bits per heavy atom. The molecule has 0 aliphatic heterocycles. The van der Waals surface area contributed by atoms with Crippen molar-refractivity contribution in [3.63, 3.8) is 0 Å². The van der Waals surface area contributed by atoms with Crippen LogP contribution >= 0.6 is 0 Å². The van der Waals surface area contributed by atoms with Crippen molar-refractivity contribution in [2.45, 2.75) is 34.6 Å². The molecular weight excluding hydrogens is 300 g/mol. The summed E-state index contributed by atoms with van der Waals surface area (Å²) in [6.07, 6.45) is 0. The molecule has 0 heterocycles. The number of carbonyl (C=O) groups is 2. The molecule has 0 bridgehead atoms. The van der Waals surface area contributed by atoms with Gasteiger partial charge in [0.25, 0.3) is 0 Å². The Morgan fingerprint density at radius 1 is 0.750 bits per heavy atom. The number of para-hydroxylation sites is 2. The van der Waals surface area contributed by atoms with Crippen LogP contribution < -0.4 is 10.6 Å². The number of aryl methyl sites for hydroxylation is 3. The summed E-state index contributed by atoms with van der Waals surface area (Å²) in [7, 11) is 0. The minimum atomic E-state index is -1.20. The maximum absolute atomic E-state index is 12.7. The van der Waals surface area contributed by atoms with Crippen molar-refractivity contribution in [2.24, 2.45) is 5.41 Å². The summed E-state index contributed by atoms with van der Waals surface area (Å²) in [5, 5.41) is 5.75. The maximum Gasteiger partial charge on any atom is 0.239 e. The van der Waals surface area contributed by atoms with Gasteiger partial charge in [0.05, 0.1) is 0 Å². The number of rotatable bonds is 4. The third-order valence-corrected chi connectivity index (χ3v) is 4.25. The molecule has 0 fully saturated rings. The fourth-order valence-electron chi connectivity index (χ4n) is 2.38. The van der Waals surface area contributed by atoms with Crippen molar-refractivity contribution in [3.05, 3.63) is 59.2 Å². The molecule has 0 saturated heterocycles. The highest BCUT2D eigenvalue weighted by atomic mass is 16.2. The zero-order valence-electron chi connectivity index (χ0n) is 14.9. The molecule has 2 aromatic carbocycles. The topological polar surface area (TPSA) is 58.2 Å². The molecular formula is C20H24N2O2. The van der Waals surface area contributed by atoms with Crippen molar-refractivity contribution in [1.82, 2.24) is 0 Å². The highest BCUT2D eigenvalue weighted by Gasteiger charge is 2.36. The first kappa shape index (κ1) is 17.7. The Bertz CT molecular complexity index is 759. The number of hydrogen-bond acceptors (Lipinski definition) is 2. The molecule has 0 saturated carbocycles. The van der Waals surface area contributed by atoms with E-state index < -0.39 is 5.41 Å². The van der Waals surface area contributed by atoms with Crippen LogP contribution in [0, 0.1) is 26.2 Å². The zero-order chi connectivity index (χ0) is 17.9. The van der Waals surface area contributed by atoms with Gasteiger partial charge in [0.15, 0.2) is 0 Å². The first-order valence-electron chi connectivity index (χ1n) is 7.98. The van der Waals surface area contributed by atoms with E-state index in [4.69, 9.17) is 0 Å². The van der Waals surface area contributed by atoms with E-state index in [1.807, 2.05) is 63.2 Å². The van der Waals surface area contributed by atoms with Gasteiger partial charge in [-0.15, -0.1) is 0 Å². The fourth-order valence-corrected chi connectivity index (χ4v) is 2.38. The van der Waals surface area contributed by atoms with E-state index in [9.17, 15) is 9.59 Å². The summed E-state index contributed by atoms with van der Waals surface area (Å²) in [5.41, 5.74) is 3.18. The van der Waals surface area contributed by atoms with Crippen molar-refractivity contribution in [1.29, 1.82) is 0 Å². The Balaban J connectivity index is 2.18. The maximum atomic E-state index is 12.7. The standard InChI is InChI=1S/C20H24N2O2/c1-13-9-6-7-12-16(13)21-18(23)20(4,5)19(24)22-17-14(2)10-8-11-15(17)3/h6-12H,1-5H3,(H,21,23)(H,22,24). The first-order chi connectivity index (χ1) is 11.2. The van der Waals surface area contributed by atoms with Crippen LogP contribution in [0.5, 0.6) is 0 Å². The van der Waals surface area contributed by atoms with E-state index in [2.05, 4.69) is 10.6 Å². The van der Waals surface area contributed by atoms with Gasteiger partial charge in [-0.2, -0.15) is 0 Å². The third-order valence-electron chi connectivity index (χ3n) is 4.25. The van der Waals surface area contributed by atoms with Crippen molar-refractivity contribution in [3.8, 4) is 0 Å². The Morgan fingerprint density at radius 2 is 1.25 bits per heavy atom. The van der Waals surface area contributed by atoms with Crippen molar-refractivity contribution >= 4 is 23.2 Å². The van der Waals surface area contributed by atoms with Gasteiger partial charge in [0.2, 0.25) is 11.8 Å². The van der Waals surface area contributed by atoms with Crippen LogP contribution in [0.1, 0.15) is 30.5 Å². The predicted octanol–water partition coefficient (Wildman–Crippen LogP) is 4.22. The van der Waals surface area contributed by atoms with Gasteiger partial charge >= 0.3 is 0 Å². The highest BCUT2D eigenvalue weighted by molar-refractivity contribution is 6.14. The molecule has 0 radical (unpaired) electrons. The SMILES string of the molecule is Cc1ccccc1NC(=O)C(C)(C)C(=O)Nc1c(C)cccc1C. The smallest absolute Gasteiger partial charge is 0.239 e. The van der Waals surface area contributed by atoms with E-state index >= 15 is 0 Å². The quantitative estimate of drug-likeness (QED) is 0.828. The zero-order valence-corrected chi connectivity index (χ0v) is 14.9. The van der Waals surface area contributed by atoms with Crippen molar-refractivity contribution in [2.75, 3.05) is 10.6 Å². The van der Waals surface area contributed by atoms with Crippen LogP contribution in [0.2, 0.25) is 0 Å². The molecule has 24 heavy (non-hydrogen) atoms. The monoisotopic (exact) mass is 324 g/mol. The lowest BCUT2D eigenvalue weighted by Crippen LogP contribution is -2.42. The molecule has 4 heteroatoms. The summed E-state index contributed by atoms with van der Waals surface area (Å²) in [6, 6.07) is 13.3. The molecule has 126 valence electrons. The first-order valence-corrected chi connectivity index (χ1v) is 7.98. The number of carbonyl (C=O) groups excluding carboxylic acids is 2. The van der Waals surface area contributed by atoms with E-state index in [1.54, 1.807) is 13.8 Å². The number of nitrogens with one attached hydrogen (secondary N) is 2. The van der Waals surface area contributed by atoms with E-state index in [0.29, 0.717) is 0 Å². The molecule has 0 aliphatic rings. The molecule has 2 amide bonds. The number of benzene rings is 2. The van der Waals surface area contributed by atoms with Gasteiger partial charge < -0.3 is 10.6 Å². The summed E-state index contributed by atoms with van der Waals surface area (Å²) in [5.74, 6) is -0.661. The second kappa shape index (κ2) is 6.87.